The highest BCUT2D eigenvalue weighted by molar-refractivity contribution is 7.99. The minimum atomic E-state index is -0.522. The lowest BCUT2D eigenvalue weighted by Crippen LogP contribution is -2.48. The van der Waals surface area contributed by atoms with Crippen LogP contribution in [-0.2, 0) is 9.53 Å². The van der Waals surface area contributed by atoms with E-state index in [1.165, 1.54) is 25.7 Å². The zero-order valence-electron chi connectivity index (χ0n) is 12.0. The molecule has 0 radical (unpaired) electrons. The van der Waals surface area contributed by atoms with E-state index in [1.807, 2.05) is 20.9 Å². The standard InChI is InChI=1S/C14H27NO2S/c1-4-17-13(16)14(2,15-3)10-7-11-18-12-8-5-6-9-12/h12,15H,4-11H2,1-3H3. The van der Waals surface area contributed by atoms with Gasteiger partial charge in [-0.1, -0.05) is 12.8 Å². The Hall–Kier alpha value is -0.220. The van der Waals surface area contributed by atoms with Gasteiger partial charge in [-0.15, -0.1) is 0 Å². The summed E-state index contributed by atoms with van der Waals surface area (Å²) in [5.41, 5.74) is -0.522. The molecular formula is C14H27NO2S. The van der Waals surface area contributed by atoms with Crippen molar-refractivity contribution in [3.8, 4) is 0 Å². The van der Waals surface area contributed by atoms with Crippen LogP contribution in [-0.4, -0.2) is 36.2 Å². The first-order valence-electron chi connectivity index (χ1n) is 7.10. The molecule has 0 aromatic heterocycles. The van der Waals surface area contributed by atoms with Crippen LogP contribution in [0.4, 0.5) is 0 Å². The number of nitrogens with one attached hydrogen (secondary N) is 1. The number of hydrogen-bond acceptors (Lipinski definition) is 4. The molecule has 1 saturated carbocycles. The second-order valence-corrected chi connectivity index (χ2v) is 6.59. The van der Waals surface area contributed by atoms with E-state index in [4.69, 9.17) is 4.74 Å². The van der Waals surface area contributed by atoms with Crippen LogP contribution in [0, 0.1) is 0 Å². The van der Waals surface area contributed by atoms with Crippen LogP contribution in [0.25, 0.3) is 0 Å². The molecule has 1 rings (SSSR count). The van der Waals surface area contributed by atoms with Crippen LogP contribution in [0.2, 0.25) is 0 Å². The summed E-state index contributed by atoms with van der Waals surface area (Å²) < 4.78 is 5.12. The summed E-state index contributed by atoms with van der Waals surface area (Å²) in [6.45, 7) is 4.24. The van der Waals surface area contributed by atoms with Gasteiger partial charge in [0.2, 0.25) is 0 Å². The topological polar surface area (TPSA) is 38.3 Å². The van der Waals surface area contributed by atoms with E-state index in [0.717, 1.165) is 23.8 Å². The van der Waals surface area contributed by atoms with Crippen LogP contribution < -0.4 is 5.32 Å². The smallest absolute Gasteiger partial charge is 0.326 e. The number of carbonyl (C=O) groups is 1. The molecule has 0 amide bonds. The third-order valence-corrected chi connectivity index (χ3v) is 5.22. The molecule has 0 bridgehead atoms. The molecule has 4 heteroatoms. The van der Waals surface area contributed by atoms with Crippen molar-refractivity contribution in [2.24, 2.45) is 0 Å². The van der Waals surface area contributed by atoms with Gasteiger partial charge in [0, 0.05) is 5.25 Å². The highest BCUT2D eigenvalue weighted by Gasteiger charge is 2.32. The second kappa shape index (κ2) is 8.05. The maximum Gasteiger partial charge on any atom is 0.326 e. The molecule has 18 heavy (non-hydrogen) atoms. The SMILES string of the molecule is CCOC(=O)C(C)(CCCSC1CCCC1)NC. The Bertz CT molecular complexity index is 254. The Balaban J connectivity index is 2.23. The molecule has 0 aromatic rings. The Labute approximate surface area is 115 Å². The fourth-order valence-electron chi connectivity index (χ4n) is 2.35. The molecular weight excluding hydrogens is 246 g/mol. The molecule has 106 valence electrons. The first-order chi connectivity index (χ1) is 8.62. The van der Waals surface area contributed by atoms with Gasteiger partial charge in [-0.25, -0.2) is 0 Å². The number of rotatable bonds is 8. The number of esters is 1. The van der Waals surface area contributed by atoms with E-state index in [2.05, 4.69) is 17.1 Å². The van der Waals surface area contributed by atoms with Crippen LogP contribution in [0.3, 0.4) is 0 Å². The predicted molar refractivity (Wildman–Crippen MR) is 78.0 cm³/mol. The third kappa shape index (κ3) is 4.81. The first-order valence-corrected chi connectivity index (χ1v) is 8.15. The van der Waals surface area contributed by atoms with Gasteiger partial charge in [-0.05, 0) is 52.3 Å². The van der Waals surface area contributed by atoms with Crippen molar-refractivity contribution in [2.75, 3.05) is 19.4 Å². The van der Waals surface area contributed by atoms with E-state index in [1.54, 1.807) is 0 Å². The summed E-state index contributed by atoms with van der Waals surface area (Å²) in [4.78, 5) is 11.9. The van der Waals surface area contributed by atoms with Crippen LogP contribution in [0.15, 0.2) is 0 Å². The van der Waals surface area contributed by atoms with Gasteiger partial charge in [-0.2, -0.15) is 11.8 Å². The van der Waals surface area contributed by atoms with Crippen LogP contribution >= 0.6 is 11.8 Å². The fraction of sp³-hybridized carbons (Fsp3) is 0.929. The molecule has 0 spiro atoms. The van der Waals surface area contributed by atoms with E-state index >= 15 is 0 Å². The zero-order valence-corrected chi connectivity index (χ0v) is 12.8. The van der Waals surface area contributed by atoms with E-state index in [0.29, 0.717) is 6.61 Å². The lowest BCUT2D eigenvalue weighted by Gasteiger charge is -2.26. The molecule has 0 aromatic carbocycles. The quantitative estimate of drug-likeness (QED) is 0.545. The van der Waals surface area contributed by atoms with Gasteiger partial charge in [0.1, 0.15) is 5.54 Å². The monoisotopic (exact) mass is 273 g/mol. The number of hydrogen-bond donors (Lipinski definition) is 1. The van der Waals surface area contributed by atoms with Crippen molar-refractivity contribution in [3.63, 3.8) is 0 Å². The van der Waals surface area contributed by atoms with Crippen LogP contribution in [0.5, 0.6) is 0 Å². The maximum absolute atomic E-state index is 11.9. The first kappa shape index (κ1) is 15.8. The lowest BCUT2D eigenvalue weighted by molar-refractivity contribution is -0.150. The summed E-state index contributed by atoms with van der Waals surface area (Å²) in [6.07, 6.45) is 7.47. The summed E-state index contributed by atoms with van der Waals surface area (Å²) in [5.74, 6) is 1.03. The van der Waals surface area contributed by atoms with E-state index in [9.17, 15) is 4.79 Å². The third-order valence-electron chi connectivity index (χ3n) is 3.75. The predicted octanol–water partition coefficient (Wildman–Crippen LogP) is 2.98. The average Bonchev–Trinajstić information content (AvgIpc) is 2.87. The number of thioether (sulfide) groups is 1. The van der Waals surface area contributed by atoms with Gasteiger partial charge < -0.3 is 10.1 Å². The molecule has 0 heterocycles. The second-order valence-electron chi connectivity index (χ2n) is 5.18. The summed E-state index contributed by atoms with van der Waals surface area (Å²) in [6, 6.07) is 0. The summed E-state index contributed by atoms with van der Waals surface area (Å²) >= 11 is 2.08. The maximum atomic E-state index is 11.9. The van der Waals surface area contributed by atoms with Crippen molar-refractivity contribution in [2.45, 2.75) is 63.2 Å². The summed E-state index contributed by atoms with van der Waals surface area (Å²) in [5, 5.41) is 3.98. The number of carbonyl (C=O) groups excluding carboxylic acids is 1. The Morgan fingerprint density at radius 2 is 2.11 bits per heavy atom. The Morgan fingerprint density at radius 1 is 1.44 bits per heavy atom. The molecule has 1 aliphatic rings. The summed E-state index contributed by atoms with van der Waals surface area (Å²) in [7, 11) is 1.83. The van der Waals surface area contributed by atoms with Crippen LogP contribution in [0.1, 0.15) is 52.4 Å². The van der Waals surface area contributed by atoms with Gasteiger partial charge in [0.15, 0.2) is 0 Å². The van der Waals surface area contributed by atoms with Crippen molar-refractivity contribution >= 4 is 17.7 Å². The minimum Gasteiger partial charge on any atom is -0.465 e. The zero-order chi connectivity index (χ0) is 13.4. The molecule has 0 aliphatic heterocycles. The molecule has 1 aliphatic carbocycles. The van der Waals surface area contributed by atoms with Crippen molar-refractivity contribution in [1.29, 1.82) is 0 Å². The van der Waals surface area contributed by atoms with Gasteiger partial charge in [0.25, 0.3) is 0 Å². The molecule has 1 fully saturated rings. The highest BCUT2D eigenvalue weighted by Crippen LogP contribution is 2.30. The fourth-order valence-corrected chi connectivity index (χ4v) is 3.66. The number of likely N-dealkylation sites (N-methyl/N-ethyl adjacent to an activating group) is 1. The van der Waals surface area contributed by atoms with Gasteiger partial charge >= 0.3 is 5.97 Å². The normalized spacial score (nSPS) is 19.7. The highest BCUT2D eigenvalue weighted by atomic mass is 32.2. The van der Waals surface area contributed by atoms with Crippen molar-refractivity contribution in [1.82, 2.24) is 5.32 Å². The molecule has 3 nitrogen and oxygen atoms in total. The van der Waals surface area contributed by atoms with E-state index < -0.39 is 5.54 Å². The largest absolute Gasteiger partial charge is 0.465 e. The molecule has 1 unspecified atom stereocenters. The molecule has 0 saturated heterocycles. The van der Waals surface area contributed by atoms with E-state index in [-0.39, 0.29) is 5.97 Å². The number of ether oxygens (including phenoxy) is 1. The Morgan fingerprint density at radius 3 is 2.67 bits per heavy atom. The van der Waals surface area contributed by atoms with Crippen molar-refractivity contribution in [3.05, 3.63) is 0 Å². The minimum absolute atomic E-state index is 0.127. The lowest BCUT2D eigenvalue weighted by atomic mass is 9.97. The molecule has 1 atom stereocenters. The Kier molecular flexibility index (Phi) is 7.08. The molecule has 1 N–H and O–H groups in total. The van der Waals surface area contributed by atoms with Gasteiger partial charge in [-0.3, -0.25) is 4.79 Å². The van der Waals surface area contributed by atoms with Crippen molar-refractivity contribution < 1.29 is 9.53 Å². The van der Waals surface area contributed by atoms with Gasteiger partial charge in [0.05, 0.1) is 6.61 Å². The average molecular weight is 273 g/mol.